The maximum atomic E-state index is 11.4. The van der Waals surface area contributed by atoms with Gasteiger partial charge in [0.1, 0.15) is 0 Å². The van der Waals surface area contributed by atoms with Gasteiger partial charge >= 0.3 is 7.05 Å². The van der Waals surface area contributed by atoms with Crippen molar-refractivity contribution in [1.29, 1.82) is 0 Å². The average Bonchev–Trinajstić information content (AvgIpc) is 2.48. The highest BCUT2D eigenvalue weighted by Gasteiger charge is 2.31. The molecule has 0 radical (unpaired) electrons. The average molecular weight is 264 g/mol. The summed E-state index contributed by atoms with van der Waals surface area (Å²) in [5.74, 6) is -0.286. The van der Waals surface area contributed by atoms with Gasteiger partial charge in [0, 0.05) is 6.92 Å². The number of nitrogens with zero attached hydrogens (tertiary/aromatic N) is 2. The van der Waals surface area contributed by atoms with Gasteiger partial charge in [-0.3, -0.25) is 4.79 Å². The quantitative estimate of drug-likeness (QED) is 0.788. The summed E-state index contributed by atoms with van der Waals surface area (Å²) in [7, 11) is -1.02. The molecule has 3 rings (SSSR count). The van der Waals surface area contributed by atoms with Gasteiger partial charge in [-0.15, -0.1) is 0 Å². The van der Waals surface area contributed by atoms with E-state index in [1.807, 2.05) is 48.5 Å². The third kappa shape index (κ3) is 2.12. The second-order valence-corrected chi connectivity index (χ2v) is 4.69. The number of hydrazone groups is 1. The maximum Gasteiger partial charge on any atom is 0.474 e. The SMILES string of the molecule is CC(=O)N1N=Cc2cc(-c3ccccc3)ccc2B1O. The zero-order valence-corrected chi connectivity index (χ0v) is 11.0. The van der Waals surface area contributed by atoms with Gasteiger partial charge in [-0.1, -0.05) is 42.5 Å². The van der Waals surface area contributed by atoms with Crippen molar-refractivity contribution in [2.75, 3.05) is 0 Å². The van der Waals surface area contributed by atoms with E-state index in [0.717, 1.165) is 21.6 Å². The first-order chi connectivity index (χ1) is 9.66. The van der Waals surface area contributed by atoms with E-state index in [2.05, 4.69) is 5.10 Å². The van der Waals surface area contributed by atoms with Crippen LogP contribution in [0.1, 0.15) is 12.5 Å². The fraction of sp³-hybridized carbons (Fsp3) is 0.0667. The van der Waals surface area contributed by atoms with Gasteiger partial charge in [0.2, 0.25) is 5.91 Å². The van der Waals surface area contributed by atoms with Gasteiger partial charge in [-0.25, -0.2) is 4.92 Å². The molecule has 0 unspecified atom stereocenters. The normalized spacial score (nSPS) is 13.3. The minimum absolute atomic E-state index is 0.286. The lowest BCUT2D eigenvalue weighted by atomic mass is 9.69. The fourth-order valence-electron chi connectivity index (χ4n) is 2.30. The first-order valence-corrected chi connectivity index (χ1v) is 6.38. The fourth-order valence-corrected chi connectivity index (χ4v) is 2.30. The Kier molecular flexibility index (Phi) is 3.12. The zero-order valence-electron chi connectivity index (χ0n) is 11.0. The van der Waals surface area contributed by atoms with E-state index in [1.54, 1.807) is 6.21 Å². The van der Waals surface area contributed by atoms with E-state index in [9.17, 15) is 9.82 Å². The molecule has 0 saturated carbocycles. The molecule has 1 amide bonds. The summed E-state index contributed by atoms with van der Waals surface area (Å²) in [6, 6.07) is 15.7. The van der Waals surface area contributed by atoms with Crippen LogP contribution >= 0.6 is 0 Å². The lowest BCUT2D eigenvalue weighted by Gasteiger charge is -2.24. The van der Waals surface area contributed by atoms with Gasteiger partial charge < -0.3 is 5.02 Å². The van der Waals surface area contributed by atoms with E-state index in [0.29, 0.717) is 5.46 Å². The predicted molar refractivity (Wildman–Crippen MR) is 79.6 cm³/mol. The van der Waals surface area contributed by atoms with E-state index >= 15 is 0 Å². The minimum atomic E-state index is -1.02. The third-order valence-electron chi connectivity index (χ3n) is 3.35. The van der Waals surface area contributed by atoms with Gasteiger partial charge in [0.15, 0.2) is 0 Å². The summed E-state index contributed by atoms with van der Waals surface area (Å²) in [4.78, 5) is 12.4. The number of carbonyl (C=O) groups excluding carboxylic acids is 1. The number of fused-ring (bicyclic) bond motifs is 1. The van der Waals surface area contributed by atoms with Crippen molar-refractivity contribution in [2.24, 2.45) is 5.10 Å². The van der Waals surface area contributed by atoms with Gasteiger partial charge in [0.25, 0.3) is 0 Å². The number of rotatable bonds is 1. The minimum Gasteiger partial charge on any atom is -0.427 e. The van der Waals surface area contributed by atoms with Crippen molar-refractivity contribution in [3.05, 3.63) is 54.1 Å². The second kappa shape index (κ2) is 4.94. The molecule has 0 spiro atoms. The molecule has 1 N–H and O–H groups in total. The molecular weight excluding hydrogens is 251 g/mol. The molecule has 0 aromatic heterocycles. The van der Waals surface area contributed by atoms with Crippen LogP contribution in [0, 0.1) is 0 Å². The summed E-state index contributed by atoms with van der Waals surface area (Å²) in [5, 5.41) is 14.1. The Bertz CT molecular complexity index is 686. The Morgan fingerprint density at radius 2 is 1.90 bits per heavy atom. The van der Waals surface area contributed by atoms with Gasteiger partial charge in [-0.2, -0.15) is 5.10 Å². The standard InChI is InChI=1S/C15H13BN2O2/c1-11(19)18-16(20)15-8-7-13(9-14(15)10-17-18)12-5-3-2-4-6-12/h2-10,20H,1H3. The molecule has 0 bridgehead atoms. The molecule has 5 heteroatoms. The predicted octanol–water partition coefficient (Wildman–Crippen LogP) is 1.24. The van der Waals surface area contributed by atoms with Gasteiger partial charge in [-0.05, 0) is 28.2 Å². The molecule has 0 saturated heterocycles. The molecular formula is C15H13BN2O2. The molecule has 98 valence electrons. The molecule has 1 aliphatic rings. The van der Waals surface area contributed by atoms with Crippen LogP contribution in [0.5, 0.6) is 0 Å². The zero-order chi connectivity index (χ0) is 14.1. The Morgan fingerprint density at radius 3 is 2.60 bits per heavy atom. The lowest BCUT2D eigenvalue weighted by molar-refractivity contribution is -0.125. The van der Waals surface area contributed by atoms with Crippen molar-refractivity contribution in [3.63, 3.8) is 0 Å². The van der Waals surface area contributed by atoms with Crippen LogP contribution in [0.4, 0.5) is 0 Å². The highest BCUT2D eigenvalue weighted by molar-refractivity contribution is 6.67. The summed E-state index contributed by atoms with van der Waals surface area (Å²) in [6.07, 6.45) is 1.61. The largest absolute Gasteiger partial charge is 0.474 e. The van der Waals surface area contributed by atoms with E-state index in [-0.39, 0.29) is 5.91 Å². The summed E-state index contributed by atoms with van der Waals surface area (Å²) in [6.45, 7) is 1.38. The topological polar surface area (TPSA) is 52.9 Å². The van der Waals surface area contributed by atoms with Crippen LogP contribution in [0.2, 0.25) is 0 Å². The summed E-state index contributed by atoms with van der Waals surface area (Å²) >= 11 is 0. The smallest absolute Gasteiger partial charge is 0.427 e. The number of carbonyl (C=O) groups is 1. The maximum absolute atomic E-state index is 11.4. The monoisotopic (exact) mass is 264 g/mol. The van der Waals surface area contributed by atoms with Crippen LogP contribution in [-0.2, 0) is 4.79 Å². The Balaban J connectivity index is 2.02. The third-order valence-corrected chi connectivity index (χ3v) is 3.35. The van der Waals surface area contributed by atoms with Gasteiger partial charge in [0.05, 0.1) is 6.21 Å². The molecule has 0 fully saturated rings. The molecule has 20 heavy (non-hydrogen) atoms. The highest BCUT2D eigenvalue weighted by Crippen LogP contribution is 2.20. The first-order valence-electron chi connectivity index (χ1n) is 6.38. The Hall–Kier alpha value is -2.40. The number of amides is 1. The highest BCUT2D eigenvalue weighted by atomic mass is 16.2. The second-order valence-electron chi connectivity index (χ2n) is 4.69. The van der Waals surface area contributed by atoms with E-state index < -0.39 is 7.05 Å². The molecule has 2 aromatic carbocycles. The summed E-state index contributed by atoms with van der Waals surface area (Å²) in [5.41, 5.74) is 3.68. The van der Waals surface area contributed by atoms with Crippen LogP contribution < -0.4 is 5.46 Å². The molecule has 2 aromatic rings. The Morgan fingerprint density at radius 1 is 1.15 bits per heavy atom. The van der Waals surface area contributed by atoms with Crippen molar-refractivity contribution < 1.29 is 9.82 Å². The van der Waals surface area contributed by atoms with E-state index in [1.165, 1.54) is 6.92 Å². The number of benzene rings is 2. The molecule has 1 heterocycles. The van der Waals surface area contributed by atoms with Crippen molar-refractivity contribution in [1.82, 2.24) is 4.92 Å². The van der Waals surface area contributed by atoms with Crippen molar-refractivity contribution >= 4 is 24.6 Å². The summed E-state index contributed by atoms with van der Waals surface area (Å²) < 4.78 is 0. The van der Waals surface area contributed by atoms with Crippen LogP contribution in [0.25, 0.3) is 11.1 Å². The van der Waals surface area contributed by atoms with Crippen molar-refractivity contribution in [2.45, 2.75) is 6.92 Å². The van der Waals surface area contributed by atoms with Crippen LogP contribution in [0.15, 0.2) is 53.6 Å². The molecule has 4 nitrogen and oxygen atoms in total. The number of hydrogen-bond acceptors (Lipinski definition) is 3. The van der Waals surface area contributed by atoms with Crippen LogP contribution in [-0.4, -0.2) is 29.1 Å². The lowest BCUT2D eigenvalue weighted by Crippen LogP contribution is -2.51. The number of hydrogen-bond donors (Lipinski definition) is 1. The first kappa shape index (κ1) is 12.6. The van der Waals surface area contributed by atoms with Crippen LogP contribution in [0.3, 0.4) is 0 Å². The van der Waals surface area contributed by atoms with E-state index in [4.69, 9.17) is 0 Å². The Labute approximate surface area is 117 Å². The molecule has 0 aliphatic carbocycles. The van der Waals surface area contributed by atoms with Crippen molar-refractivity contribution in [3.8, 4) is 11.1 Å². The molecule has 1 aliphatic heterocycles. The molecule has 0 atom stereocenters.